The number of carbonyl (C=O) groups excluding carboxylic acids is 1. The largest absolute Gasteiger partial charge is 0.496 e. The summed E-state index contributed by atoms with van der Waals surface area (Å²) >= 11 is 0. The zero-order chi connectivity index (χ0) is 13.9. The molecule has 1 aromatic carbocycles. The molecule has 0 fully saturated rings. The molecule has 7 nitrogen and oxygen atoms in total. The number of ether oxygens (including phenoxy) is 1. The van der Waals surface area contributed by atoms with Gasteiger partial charge in [0, 0.05) is 31.7 Å². The first kappa shape index (κ1) is 13.9. The van der Waals surface area contributed by atoms with Crippen LogP contribution in [0.15, 0.2) is 12.1 Å². The van der Waals surface area contributed by atoms with E-state index in [1.165, 1.54) is 33.2 Å². The molecule has 1 amide bonds. The fraction of sp³-hybridized carbons (Fsp3) is 0.364. The molecule has 0 bridgehead atoms. The van der Waals surface area contributed by atoms with E-state index in [-0.39, 0.29) is 23.9 Å². The lowest BCUT2D eigenvalue weighted by Gasteiger charge is -2.17. The molecule has 0 spiro atoms. The van der Waals surface area contributed by atoms with Crippen LogP contribution in [0.2, 0.25) is 0 Å². The fourth-order valence-corrected chi connectivity index (χ4v) is 1.50. The highest BCUT2D eigenvalue weighted by atomic mass is 16.6. The average Bonchev–Trinajstić information content (AvgIpc) is 2.35. The summed E-state index contributed by atoms with van der Waals surface area (Å²) in [5, 5.41) is 20.1. The lowest BCUT2D eigenvalue weighted by molar-refractivity contribution is -0.384. The molecule has 0 heterocycles. The highest BCUT2D eigenvalue weighted by Gasteiger charge is 2.22. The van der Waals surface area contributed by atoms with Crippen molar-refractivity contribution in [3.63, 3.8) is 0 Å². The van der Waals surface area contributed by atoms with Gasteiger partial charge in [0.25, 0.3) is 5.69 Å². The Morgan fingerprint density at radius 3 is 2.56 bits per heavy atom. The van der Waals surface area contributed by atoms with Crippen molar-refractivity contribution in [3.05, 3.63) is 27.8 Å². The van der Waals surface area contributed by atoms with E-state index < -0.39 is 4.92 Å². The number of methoxy groups -OCH3 is 1. The summed E-state index contributed by atoms with van der Waals surface area (Å²) in [7, 11) is 2.82. The van der Waals surface area contributed by atoms with Crippen molar-refractivity contribution in [3.8, 4) is 5.75 Å². The van der Waals surface area contributed by atoms with Crippen LogP contribution in [0.25, 0.3) is 0 Å². The molecule has 0 aliphatic carbocycles. The molecular weight excluding hydrogens is 240 g/mol. The Kier molecular flexibility index (Phi) is 4.22. The molecule has 1 rings (SSSR count). The van der Waals surface area contributed by atoms with Crippen LogP contribution < -0.4 is 9.64 Å². The standard InChI is InChI=1S/C11H14N2O5/c1-7(15)12(2)9-5-11(18-3)8(6-14)4-10(9)13(16)17/h4-5,14H,6H2,1-3H3. The van der Waals surface area contributed by atoms with E-state index in [0.29, 0.717) is 11.3 Å². The van der Waals surface area contributed by atoms with Crippen LogP contribution in [0.4, 0.5) is 11.4 Å². The van der Waals surface area contributed by atoms with Gasteiger partial charge in [-0.05, 0) is 0 Å². The van der Waals surface area contributed by atoms with Gasteiger partial charge in [-0.1, -0.05) is 0 Å². The van der Waals surface area contributed by atoms with E-state index >= 15 is 0 Å². The molecule has 0 unspecified atom stereocenters. The molecule has 0 saturated carbocycles. The number of hydrogen-bond acceptors (Lipinski definition) is 5. The topological polar surface area (TPSA) is 92.9 Å². The van der Waals surface area contributed by atoms with Gasteiger partial charge in [-0.2, -0.15) is 0 Å². The molecule has 0 atom stereocenters. The fourth-order valence-electron chi connectivity index (χ4n) is 1.50. The van der Waals surface area contributed by atoms with Crippen molar-refractivity contribution in [1.29, 1.82) is 0 Å². The van der Waals surface area contributed by atoms with Crippen molar-refractivity contribution in [2.24, 2.45) is 0 Å². The van der Waals surface area contributed by atoms with E-state index in [1.807, 2.05) is 0 Å². The van der Waals surface area contributed by atoms with E-state index in [1.54, 1.807) is 0 Å². The summed E-state index contributed by atoms with van der Waals surface area (Å²) in [6.45, 7) is 0.921. The minimum atomic E-state index is -0.604. The van der Waals surface area contributed by atoms with Crippen molar-refractivity contribution in [2.45, 2.75) is 13.5 Å². The van der Waals surface area contributed by atoms with Gasteiger partial charge in [-0.3, -0.25) is 14.9 Å². The number of nitro groups is 1. The zero-order valence-corrected chi connectivity index (χ0v) is 10.3. The molecular formula is C11H14N2O5. The summed E-state index contributed by atoms with van der Waals surface area (Å²) in [5.74, 6) is -0.0388. The lowest BCUT2D eigenvalue weighted by atomic mass is 10.1. The highest BCUT2D eigenvalue weighted by Crippen LogP contribution is 2.34. The van der Waals surface area contributed by atoms with Crippen LogP contribution in [0.1, 0.15) is 12.5 Å². The molecule has 0 radical (unpaired) electrons. The van der Waals surface area contributed by atoms with Crippen LogP contribution in [0.3, 0.4) is 0 Å². The van der Waals surface area contributed by atoms with Crippen molar-refractivity contribution in [2.75, 3.05) is 19.1 Å². The second-order valence-electron chi connectivity index (χ2n) is 3.65. The SMILES string of the molecule is COc1cc(N(C)C(C)=O)c([N+](=O)[O-])cc1CO. The quantitative estimate of drug-likeness (QED) is 0.641. The molecule has 1 aromatic rings. The maximum absolute atomic E-state index is 11.3. The van der Waals surface area contributed by atoms with Gasteiger partial charge >= 0.3 is 0 Å². The highest BCUT2D eigenvalue weighted by molar-refractivity contribution is 5.93. The Morgan fingerprint density at radius 2 is 2.17 bits per heavy atom. The number of nitro benzene ring substituents is 1. The molecule has 0 aromatic heterocycles. The van der Waals surface area contributed by atoms with Crippen molar-refractivity contribution >= 4 is 17.3 Å². The van der Waals surface area contributed by atoms with Crippen LogP contribution in [0.5, 0.6) is 5.75 Å². The van der Waals surface area contributed by atoms with Crippen molar-refractivity contribution < 1.29 is 19.6 Å². The van der Waals surface area contributed by atoms with Gasteiger partial charge in [0.15, 0.2) is 0 Å². The molecule has 7 heteroatoms. The van der Waals surface area contributed by atoms with Crippen LogP contribution >= 0.6 is 0 Å². The van der Waals surface area contributed by atoms with Gasteiger partial charge in [-0.15, -0.1) is 0 Å². The van der Waals surface area contributed by atoms with Crippen LogP contribution in [0, 0.1) is 10.1 Å². The number of aliphatic hydroxyl groups excluding tert-OH is 1. The Bertz CT molecular complexity index is 487. The third-order valence-electron chi connectivity index (χ3n) is 2.58. The number of benzene rings is 1. The Balaban J connectivity index is 3.47. The maximum Gasteiger partial charge on any atom is 0.293 e. The van der Waals surface area contributed by atoms with Gasteiger partial charge in [0.2, 0.25) is 5.91 Å². The Morgan fingerprint density at radius 1 is 1.56 bits per heavy atom. The zero-order valence-electron chi connectivity index (χ0n) is 10.3. The van der Waals surface area contributed by atoms with E-state index in [9.17, 15) is 14.9 Å². The van der Waals surface area contributed by atoms with Crippen molar-refractivity contribution in [1.82, 2.24) is 0 Å². The molecule has 0 aliphatic heterocycles. The number of amides is 1. The third-order valence-corrected chi connectivity index (χ3v) is 2.58. The first-order valence-electron chi connectivity index (χ1n) is 5.12. The van der Waals surface area contributed by atoms with Gasteiger partial charge < -0.3 is 14.7 Å². The normalized spacial score (nSPS) is 10.0. The van der Waals surface area contributed by atoms with E-state index in [0.717, 1.165) is 4.90 Å². The van der Waals surface area contributed by atoms with Crippen LogP contribution in [-0.4, -0.2) is 30.1 Å². The number of nitrogens with zero attached hydrogens (tertiary/aromatic N) is 2. The number of rotatable bonds is 4. The van der Waals surface area contributed by atoms with Gasteiger partial charge in [-0.25, -0.2) is 0 Å². The predicted octanol–water partition coefficient (Wildman–Crippen LogP) is 1.08. The molecule has 0 aliphatic rings. The van der Waals surface area contributed by atoms with E-state index in [2.05, 4.69) is 0 Å². The predicted molar refractivity (Wildman–Crippen MR) is 64.7 cm³/mol. The average molecular weight is 254 g/mol. The van der Waals surface area contributed by atoms with Gasteiger partial charge in [0.1, 0.15) is 11.4 Å². The minimum Gasteiger partial charge on any atom is -0.496 e. The second-order valence-corrected chi connectivity index (χ2v) is 3.65. The summed E-state index contributed by atoms with van der Waals surface area (Å²) in [5.41, 5.74) is 0.170. The summed E-state index contributed by atoms with van der Waals surface area (Å²) in [6, 6.07) is 2.57. The smallest absolute Gasteiger partial charge is 0.293 e. The Hall–Kier alpha value is -2.15. The summed E-state index contributed by atoms with van der Waals surface area (Å²) in [6.07, 6.45) is 0. The number of hydrogen-bond donors (Lipinski definition) is 1. The summed E-state index contributed by atoms with van der Waals surface area (Å²) < 4.78 is 5.02. The van der Waals surface area contributed by atoms with E-state index in [4.69, 9.17) is 9.84 Å². The monoisotopic (exact) mass is 254 g/mol. The first-order valence-corrected chi connectivity index (χ1v) is 5.12. The minimum absolute atomic E-state index is 0.126. The number of carbonyl (C=O) groups is 1. The van der Waals surface area contributed by atoms with Crippen LogP contribution in [-0.2, 0) is 11.4 Å². The molecule has 1 N–H and O–H groups in total. The second kappa shape index (κ2) is 5.46. The third kappa shape index (κ3) is 2.57. The maximum atomic E-state index is 11.3. The lowest BCUT2D eigenvalue weighted by Crippen LogP contribution is -2.24. The first-order chi connectivity index (χ1) is 8.42. The summed E-state index contributed by atoms with van der Waals surface area (Å²) in [4.78, 5) is 22.8. The Labute approximate surface area is 104 Å². The number of aliphatic hydroxyl groups is 1. The molecule has 98 valence electrons. The molecule has 0 saturated heterocycles. The van der Waals surface area contributed by atoms with Gasteiger partial charge in [0.05, 0.1) is 18.6 Å². The number of anilines is 1. The molecule has 18 heavy (non-hydrogen) atoms.